The van der Waals surface area contributed by atoms with Crippen molar-refractivity contribution in [2.75, 3.05) is 0 Å². The summed E-state index contributed by atoms with van der Waals surface area (Å²) in [4.78, 5) is 11.3. The largest absolute Gasteiger partial charge is 0.247 e. The van der Waals surface area contributed by atoms with Crippen LogP contribution in [0.5, 0.6) is 0 Å². The summed E-state index contributed by atoms with van der Waals surface area (Å²) in [7, 11) is 0. The first-order valence-corrected chi connectivity index (χ1v) is 24.5. The molecule has 0 saturated carbocycles. The Morgan fingerprint density at radius 1 is 0.243 bits per heavy atom. The first-order valence-electron chi connectivity index (χ1n) is 24.5. The highest BCUT2D eigenvalue weighted by molar-refractivity contribution is 7.02. The Bertz CT molecular complexity index is 4020. The lowest BCUT2D eigenvalue weighted by Gasteiger charge is -2.37. The van der Waals surface area contributed by atoms with Crippen LogP contribution in [0.2, 0.25) is 0 Å². The molecule has 12 aromatic rings. The highest BCUT2D eigenvalue weighted by Gasteiger charge is 2.43. The van der Waals surface area contributed by atoms with Crippen LogP contribution in [0, 0.1) is 0 Å². The summed E-state index contributed by atoms with van der Waals surface area (Å²) in [6.45, 7) is 0.107. The molecule has 2 nitrogen and oxygen atoms in total. The minimum atomic E-state index is 0.0533. The Balaban J connectivity index is 0.936. The van der Waals surface area contributed by atoms with Crippen molar-refractivity contribution in [2.45, 2.75) is 0 Å². The number of fused-ring (bicyclic) bond motifs is 8. The van der Waals surface area contributed by atoms with Crippen LogP contribution in [0.15, 0.2) is 241 Å². The van der Waals surface area contributed by atoms with Gasteiger partial charge in [-0.15, -0.1) is 0 Å². The summed E-state index contributed by atoms with van der Waals surface area (Å²) in [6.07, 6.45) is 0. The van der Waals surface area contributed by atoms with Crippen molar-refractivity contribution in [1.82, 2.24) is 0 Å². The molecule has 12 aromatic carbocycles. The Labute approximate surface area is 406 Å². The molecule has 0 atom stereocenters. The average Bonchev–Trinajstić information content (AvgIpc) is 3.43. The second kappa shape index (κ2) is 14.3. The van der Waals surface area contributed by atoms with Gasteiger partial charge in [-0.2, -0.15) is 0 Å². The maximum absolute atomic E-state index is 5.64. The van der Waals surface area contributed by atoms with E-state index in [2.05, 4.69) is 231 Å². The number of rotatable bonds is 4. The summed E-state index contributed by atoms with van der Waals surface area (Å²) in [6, 6.07) is 85.1. The number of hydrogen-bond acceptors (Lipinski definition) is 2. The molecule has 0 N–H and O–H groups in total. The third-order valence-electron chi connectivity index (χ3n) is 15.9. The van der Waals surface area contributed by atoms with E-state index in [1.807, 2.05) is 0 Å². The standard InChI is InChI=1S/C66H38B2N2/c1-3-17-39(18-4-1)43-21-9-13-31-57(43)69-65-49-23-7-11-29-53(49)67-55-37-41-34-36-46-48-26-16-28-52-64(48)68(54-30-12-8-24-50(54)66(52)70-58-32-14-10-22-44(58)40-19-5-2-6-20-40)56-38-42-33-35-45(47-25-15-27-51(65)63(47)67)61(55)59(42)60(41)62(46)56/h1-38H. The fourth-order valence-corrected chi connectivity index (χ4v) is 13.2. The topological polar surface area (TPSA) is 24.7 Å². The molecule has 0 amide bonds. The first-order chi connectivity index (χ1) is 34.8. The Morgan fingerprint density at radius 3 is 1.07 bits per heavy atom. The normalized spacial score (nSPS) is 14.6. The molecule has 0 aliphatic carbocycles. The minimum absolute atomic E-state index is 0.0533. The van der Waals surface area contributed by atoms with Gasteiger partial charge < -0.3 is 0 Å². The number of benzene rings is 12. The van der Waals surface area contributed by atoms with Gasteiger partial charge in [0.2, 0.25) is 13.4 Å². The average molecular weight is 881 g/mol. The van der Waals surface area contributed by atoms with E-state index in [0.29, 0.717) is 0 Å². The van der Waals surface area contributed by atoms with Crippen LogP contribution >= 0.6 is 0 Å². The quantitative estimate of drug-likeness (QED) is 0.124. The molecule has 0 radical (unpaired) electrons. The molecule has 0 fully saturated rings. The van der Waals surface area contributed by atoms with E-state index >= 15 is 0 Å². The second-order valence-electron chi connectivity index (χ2n) is 19.4. The van der Waals surface area contributed by atoms with E-state index in [1.54, 1.807) is 0 Å². The third kappa shape index (κ3) is 5.15. The number of para-hydroxylation sites is 2. The van der Waals surface area contributed by atoms with Gasteiger partial charge in [0.15, 0.2) is 0 Å². The molecule has 318 valence electrons. The molecule has 0 spiro atoms. The van der Waals surface area contributed by atoms with Crippen molar-refractivity contribution in [3.63, 3.8) is 0 Å². The van der Waals surface area contributed by atoms with E-state index in [0.717, 1.165) is 33.9 Å². The van der Waals surface area contributed by atoms with Crippen LogP contribution in [-0.2, 0) is 0 Å². The lowest BCUT2D eigenvalue weighted by Crippen LogP contribution is -2.61. The van der Waals surface area contributed by atoms with Crippen molar-refractivity contribution in [3.8, 4) is 44.5 Å². The van der Waals surface area contributed by atoms with Gasteiger partial charge in [-0.05, 0) is 100 Å². The van der Waals surface area contributed by atoms with Gasteiger partial charge in [0.25, 0.3) is 0 Å². The zero-order valence-corrected chi connectivity index (χ0v) is 38.0. The predicted octanol–water partition coefficient (Wildman–Crippen LogP) is 11.9. The molecule has 4 heteroatoms. The van der Waals surface area contributed by atoms with Gasteiger partial charge in [-0.3, -0.25) is 0 Å². The fraction of sp³-hybridized carbons (Fsp3) is 0. The molecule has 0 saturated heterocycles. The van der Waals surface area contributed by atoms with Crippen LogP contribution in [0.3, 0.4) is 0 Å². The van der Waals surface area contributed by atoms with Crippen LogP contribution in [-0.4, -0.2) is 24.8 Å². The number of aliphatic imine (C=N–C) groups is 2. The molecule has 0 bridgehead atoms. The molecule has 4 heterocycles. The minimum Gasteiger partial charge on any atom is -0.247 e. The van der Waals surface area contributed by atoms with Gasteiger partial charge >= 0.3 is 0 Å². The molecular formula is C66H38B2N2. The number of nitrogens with zero attached hydrogens (tertiary/aromatic N) is 2. The number of hydrogen-bond donors (Lipinski definition) is 0. The lowest BCUT2D eigenvalue weighted by atomic mass is 9.30. The van der Waals surface area contributed by atoms with E-state index < -0.39 is 0 Å². The second-order valence-corrected chi connectivity index (χ2v) is 19.4. The van der Waals surface area contributed by atoms with E-state index in [9.17, 15) is 0 Å². The molecule has 0 unspecified atom stereocenters. The fourth-order valence-electron chi connectivity index (χ4n) is 13.2. The predicted molar refractivity (Wildman–Crippen MR) is 298 cm³/mol. The Hall–Kier alpha value is -8.85. The van der Waals surface area contributed by atoms with Crippen molar-refractivity contribution in [2.24, 2.45) is 9.98 Å². The van der Waals surface area contributed by atoms with E-state index in [1.165, 1.54) is 121 Å². The maximum Gasteiger partial charge on any atom is 0.244 e. The Kier molecular flexibility index (Phi) is 7.81. The summed E-state index contributed by atoms with van der Waals surface area (Å²) in [5, 5.41) is 8.09. The van der Waals surface area contributed by atoms with Crippen LogP contribution in [0.25, 0.3) is 76.8 Å². The lowest BCUT2D eigenvalue weighted by molar-refractivity contribution is 1.47. The highest BCUT2D eigenvalue weighted by atomic mass is 14.8. The van der Waals surface area contributed by atoms with Gasteiger partial charge in [0.05, 0.1) is 22.8 Å². The van der Waals surface area contributed by atoms with E-state index in [4.69, 9.17) is 9.98 Å². The van der Waals surface area contributed by atoms with Crippen LogP contribution < -0.4 is 32.8 Å². The summed E-state index contributed by atoms with van der Waals surface area (Å²) < 4.78 is 0. The third-order valence-corrected chi connectivity index (χ3v) is 15.9. The smallest absolute Gasteiger partial charge is 0.244 e. The zero-order chi connectivity index (χ0) is 45.6. The molecular weight excluding hydrogens is 842 g/mol. The monoisotopic (exact) mass is 880 g/mol. The van der Waals surface area contributed by atoms with Gasteiger partial charge in [0.1, 0.15) is 0 Å². The van der Waals surface area contributed by atoms with Crippen molar-refractivity contribution < 1.29 is 0 Å². The van der Waals surface area contributed by atoms with E-state index in [-0.39, 0.29) is 13.4 Å². The van der Waals surface area contributed by atoms with Crippen molar-refractivity contribution in [3.05, 3.63) is 253 Å². The molecule has 4 aliphatic rings. The summed E-state index contributed by atoms with van der Waals surface area (Å²) >= 11 is 0. The molecule has 4 aliphatic heterocycles. The van der Waals surface area contributed by atoms with Crippen molar-refractivity contribution >= 4 is 101 Å². The maximum atomic E-state index is 5.64. The first kappa shape index (κ1) is 38.2. The molecule has 70 heavy (non-hydrogen) atoms. The highest BCUT2D eigenvalue weighted by Crippen LogP contribution is 2.45. The summed E-state index contributed by atoms with van der Waals surface area (Å²) in [5.74, 6) is 0. The van der Waals surface area contributed by atoms with Crippen LogP contribution in [0.1, 0.15) is 22.3 Å². The van der Waals surface area contributed by atoms with Gasteiger partial charge in [0, 0.05) is 11.1 Å². The summed E-state index contributed by atoms with van der Waals surface area (Å²) in [5.41, 5.74) is 26.7. The molecule has 16 rings (SSSR count). The zero-order valence-electron chi connectivity index (χ0n) is 38.0. The van der Waals surface area contributed by atoms with Gasteiger partial charge in [-0.1, -0.05) is 251 Å². The molecule has 0 aromatic heterocycles. The van der Waals surface area contributed by atoms with Crippen molar-refractivity contribution in [1.29, 1.82) is 0 Å². The SMILES string of the molecule is c1ccc(-c2ccccc2N=C2c3ccccc3B3c4c2cccc4-c2ccc4cc5c6c(ccc7cc3c2c4c76)-c2cccc3c2B5c2ccccc2C3=Nc2ccccc2-c2ccccc2)cc1. The Morgan fingerprint density at radius 2 is 0.614 bits per heavy atom. The van der Waals surface area contributed by atoms with Gasteiger partial charge in [-0.25, -0.2) is 9.98 Å². The van der Waals surface area contributed by atoms with Crippen LogP contribution in [0.4, 0.5) is 11.4 Å².